The highest BCUT2D eigenvalue weighted by Gasteiger charge is 2.15. The molecule has 0 aliphatic heterocycles. The van der Waals surface area contributed by atoms with Crippen molar-refractivity contribution >= 4 is 17.8 Å². The number of aromatic nitrogens is 1. The van der Waals surface area contributed by atoms with Gasteiger partial charge in [-0.15, -0.1) is 0 Å². The molecular weight excluding hydrogens is 302 g/mol. The van der Waals surface area contributed by atoms with Gasteiger partial charge in [0.2, 0.25) is 0 Å². The van der Waals surface area contributed by atoms with Crippen molar-refractivity contribution in [2.75, 3.05) is 6.61 Å². The predicted octanol–water partition coefficient (Wildman–Crippen LogP) is 4.74. The van der Waals surface area contributed by atoms with Gasteiger partial charge in [0, 0.05) is 12.4 Å². The Labute approximate surface area is 145 Å². The van der Waals surface area contributed by atoms with Gasteiger partial charge in [-0.1, -0.05) is 57.9 Å². The van der Waals surface area contributed by atoms with Crippen LogP contribution in [0.1, 0.15) is 70.8 Å². The van der Waals surface area contributed by atoms with Crippen LogP contribution in [0.5, 0.6) is 0 Å². The molecule has 0 saturated heterocycles. The average molecular weight is 331 g/mol. The first kappa shape index (κ1) is 20.1. The molecule has 0 aliphatic rings. The Balaban J connectivity index is 2.29. The van der Waals surface area contributed by atoms with Crippen LogP contribution in [0.25, 0.3) is 6.08 Å². The molecule has 0 atom stereocenters. The molecule has 0 amide bonds. The zero-order chi connectivity index (χ0) is 17.6. The number of rotatable bonds is 12. The number of esters is 1. The van der Waals surface area contributed by atoms with Crippen LogP contribution in [-0.2, 0) is 14.3 Å². The van der Waals surface area contributed by atoms with Gasteiger partial charge in [-0.2, -0.15) is 0 Å². The molecule has 24 heavy (non-hydrogen) atoms. The van der Waals surface area contributed by atoms with Crippen molar-refractivity contribution in [1.29, 1.82) is 0 Å². The number of pyridine rings is 1. The molecule has 0 aliphatic carbocycles. The Morgan fingerprint density at radius 3 is 2.33 bits per heavy atom. The number of hydrogen-bond acceptors (Lipinski definition) is 4. The van der Waals surface area contributed by atoms with Gasteiger partial charge in [-0.3, -0.25) is 9.78 Å². The van der Waals surface area contributed by atoms with Gasteiger partial charge in [0.05, 0.1) is 6.61 Å². The molecule has 0 radical (unpaired) electrons. The van der Waals surface area contributed by atoms with Crippen LogP contribution in [0, 0.1) is 0 Å². The molecule has 0 saturated carbocycles. The van der Waals surface area contributed by atoms with E-state index < -0.39 is 5.97 Å². The summed E-state index contributed by atoms with van der Waals surface area (Å²) in [4.78, 5) is 27.7. The second-order valence-corrected chi connectivity index (χ2v) is 6.01. The molecule has 0 fully saturated rings. The fraction of sp³-hybridized carbons (Fsp3) is 0.550. The van der Waals surface area contributed by atoms with Gasteiger partial charge in [-0.25, -0.2) is 4.79 Å². The van der Waals surface area contributed by atoms with Gasteiger partial charge in [0.15, 0.2) is 5.78 Å². The van der Waals surface area contributed by atoms with E-state index >= 15 is 0 Å². The third-order valence-electron chi connectivity index (χ3n) is 3.83. The van der Waals surface area contributed by atoms with Gasteiger partial charge in [0.25, 0.3) is 0 Å². The van der Waals surface area contributed by atoms with E-state index in [-0.39, 0.29) is 11.4 Å². The second kappa shape index (κ2) is 12.5. The Bertz CT molecular complexity index is 523. The third-order valence-corrected chi connectivity index (χ3v) is 3.83. The Morgan fingerprint density at radius 2 is 1.75 bits per heavy atom. The number of carbonyl (C=O) groups is 2. The fourth-order valence-electron chi connectivity index (χ4n) is 2.41. The quantitative estimate of drug-likeness (QED) is 0.182. The standard InChI is InChI=1S/C20H29NO3/c1-3-4-5-6-7-8-9-10-14-24-20(23)19(17(2)22)15-18-12-11-13-21-16-18/h11-13,15-16H,3-10,14H2,1-2H3. The molecule has 132 valence electrons. The lowest BCUT2D eigenvalue weighted by Gasteiger charge is -2.06. The van der Waals surface area contributed by atoms with E-state index in [0.717, 1.165) is 12.8 Å². The second-order valence-electron chi connectivity index (χ2n) is 6.01. The molecule has 4 heteroatoms. The molecule has 0 aromatic carbocycles. The summed E-state index contributed by atoms with van der Waals surface area (Å²) in [5.74, 6) is -0.839. The molecule has 0 N–H and O–H groups in total. The van der Waals surface area contributed by atoms with Gasteiger partial charge in [-0.05, 0) is 31.1 Å². The van der Waals surface area contributed by atoms with Crippen molar-refractivity contribution in [3.63, 3.8) is 0 Å². The van der Waals surface area contributed by atoms with Gasteiger partial charge < -0.3 is 4.74 Å². The molecule has 1 heterocycles. The first-order valence-electron chi connectivity index (χ1n) is 8.95. The van der Waals surface area contributed by atoms with Gasteiger partial charge in [0.1, 0.15) is 5.57 Å². The third kappa shape index (κ3) is 8.61. The van der Waals surface area contributed by atoms with Crippen molar-refractivity contribution in [3.05, 3.63) is 35.7 Å². The monoisotopic (exact) mass is 331 g/mol. The minimum atomic E-state index is -0.547. The van der Waals surface area contributed by atoms with E-state index in [2.05, 4.69) is 11.9 Å². The smallest absolute Gasteiger partial charge is 0.341 e. The summed E-state index contributed by atoms with van der Waals surface area (Å²) in [6.45, 7) is 3.96. The van der Waals surface area contributed by atoms with Crippen molar-refractivity contribution in [2.45, 2.75) is 65.2 Å². The number of unbranched alkanes of at least 4 members (excludes halogenated alkanes) is 7. The van der Waals surface area contributed by atoms with Crippen LogP contribution in [0.4, 0.5) is 0 Å². The first-order valence-corrected chi connectivity index (χ1v) is 8.95. The van der Waals surface area contributed by atoms with Crippen LogP contribution in [0.2, 0.25) is 0 Å². The summed E-state index contributed by atoms with van der Waals surface area (Å²) >= 11 is 0. The van der Waals surface area contributed by atoms with Crippen molar-refractivity contribution < 1.29 is 14.3 Å². The molecule has 1 aromatic heterocycles. The maximum absolute atomic E-state index is 12.1. The van der Waals surface area contributed by atoms with Crippen LogP contribution < -0.4 is 0 Å². The molecule has 0 spiro atoms. The summed E-state index contributed by atoms with van der Waals surface area (Å²) in [5, 5.41) is 0. The Kier molecular flexibility index (Phi) is 10.4. The van der Waals surface area contributed by atoms with E-state index in [0.29, 0.717) is 12.2 Å². The summed E-state index contributed by atoms with van der Waals surface area (Å²) in [7, 11) is 0. The molecule has 1 aromatic rings. The minimum Gasteiger partial charge on any atom is -0.462 e. The van der Waals surface area contributed by atoms with Crippen LogP contribution >= 0.6 is 0 Å². The number of ether oxygens (including phenoxy) is 1. The molecule has 1 rings (SSSR count). The molecule has 0 unspecified atom stereocenters. The van der Waals surface area contributed by atoms with Crippen molar-refractivity contribution in [3.8, 4) is 0 Å². The van der Waals surface area contributed by atoms with Crippen LogP contribution in [-0.4, -0.2) is 23.3 Å². The highest BCUT2D eigenvalue weighted by atomic mass is 16.5. The average Bonchev–Trinajstić information content (AvgIpc) is 2.58. The predicted molar refractivity (Wildman–Crippen MR) is 96.5 cm³/mol. The molecular formula is C20H29NO3. The summed E-state index contributed by atoms with van der Waals surface area (Å²) in [6.07, 6.45) is 14.3. The van der Waals surface area contributed by atoms with Crippen LogP contribution in [0.15, 0.2) is 30.1 Å². The van der Waals surface area contributed by atoms with E-state index in [1.165, 1.54) is 51.5 Å². The summed E-state index contributed by atoms with van der Waals surface area (Å²) in [5.41, 5.74) is 0.786. The maximum atomic E-state index is 12.1. The lowest BCUT2D eigenvalue weighted by atomic mass is 10.1. The lowest BCUT2D eigenvalue weighted by Crippen LogP contribution is -2.14. The van der Waals surface area contributed by atoms with Crippen molar-refractivity contribution in [2.24, 2.45) is 0 Å². The molecule has 4 nitrogen and oxygen atoms in total. The summed E-state index contributed by atoms with van der Waals surface area (Å²) in [6, 6.07) is 3.55. The minimum absolute atomic E-state index is 0.0718. The maximum Gasteiger partial charge on any atom is 0.341 e. The van der Waals surface area contributed by atoms with Gasteiger partial charge >= 0.3 is 5.97 Å². The highest BCUT2D eigenvalue weighted by molar-refractivity contribution is 6.19. The van der Waals surface area contributed by atoms with Crippen molar-refractivity contribution in [1.82, 2.24) is 4.98 Å². The molecule has 0 bridgehead atoms. The number of Topliss-reactive ketones (excluding diaryl/α,β-unsaturated/α-hetero) is 1. The summed E-state index contributed by atoms with van der Waals surface area (Å²) < 4.78 is 5.23. The largest absolute Gasteiger partial charge is 0.462 e. The number of hydrogen-bond donors (Lipinski definition) is 0. The van der Waals surface area contributed by atoms with E-state index in [4.69, 9.17) is 4.74 Å². The normalized spacial score (nSPS) is 11.3. The lowest BCUT2D eigenvalue weighted by molar-refractivity contribution is -0.140. The topological polar surface area (TPSA) is 56.3 Å². The first-order chi connectivity index (χ1) is 11.6. The Morgan fingerprint density at radius 1 is 1.08 bits per heavy atom. The van der Waals surface area contributed by atoms with Crippen LogP contribution in [0.3, 0.4) is 0 Å². The number of nitrogens with zero attached hydrogens (tertiary/aromatic N) is 1. The zero-order valence-electron chi connectivity index (χ0n) is 14.9. The van der Waals surface area contributed by atoms with E-state index in [9.17, 15) is 9.59 Å². The number of carbonyl (C=O) groups excluding carboxylic acids is 2. The fourth-order valence-corrected chi connectivity index (χ4v) is 2.41. The SMILES string of the molecule is CCCCCCCCCCOC(=O)C(=Cc1cccnc1)C(C)=O. The number of ketones is 1. The highest BCUT2D eigenvalue weighted by Crippen LogP contribution is 2.11. The van der Waals surface area contributed by atoms with E-state index in [1.54, 1.807) is 24.5 Å². The zero-order valence-corrected chi connectivity index (χ0v) is 14.9. The van der Waals surface area contributed by atoms with E-state index in [1.807, 2.05) is 0 Å². The Hall–Kier alpha value is -1.97.